The van der Waals surface area contributed by atoms with E-state index >= 15 is 0 Å². The van der Waals surface area contributed by atoms with Gasteiger partial charge in [0.05, 0.1) is 3.79 Å². The van der Waals surface area contributed by atoms with E-state index in [4.69, 9.17) is 9.47 Å². The normalized spacial score (nSPS) is 12.9. The van der Waals surface area contributed by atoms with Crippen LogP contribution >= 0.6 is 43.2 Å². The highest BCUT2D eigenvalue weighted by molar-refractivity contribution is 9.11. The van der Waals surface area contributed by atoms with Crippen LogP contribution in [0.3, 0.4) is 0 Å². The van der Waals surface area contributed by atoms with Crippen molar-refractivity contribution in [2.24, 2.45) is 0 Å². The monoisotopic (exact) mass is 403 g/mol. The minimum atomic E-state index is 0.307. The quantitative estimate of drug-likeness (QED) is 0.824. The van der Waals surface area contributed by atoms with Crippen molar-refractivity contribution in [2.75, 3.05) is 6.79 Å². The van der Waals surface area contributed by atoms with Crippen LogP contribution in [0.5, 0.6) is 11.5 Å². The Morgan fingerprint density at radius 1 is 1.11 bits per heavy atom. The Morgan fingerprint density at radius 3 is 2.63 bits per heavy atom. The van der Waals surface area contributed by atoms with Crippen LogP contribution in [-0.2, 0) is 13.1 Å². The first kappa shape index (κ1) is 13.4. The highest BCUT2D eigenvalue weighted by atomic mass is 79.9. The number of thiophene rings is 1. The van der Waals surface area contributed by atoms with E-state index in [1.165, 1.54) is 10.4 Å². The molecule has 0 fully saturated rings. The molecule has 0 atom stereocenters. The minimum absolute atomic E-state index is 0.307. The van der Waals surface area contributed by atoms with Crippen LogP contribution in [0.15, 0.2) is 32.5 Å². The minimum Gasteiger partial charge on any atom is -0.454 e. The van der Waals surface area contributed by atoms with Crippen molar-refractivity contribution in [3.8, 4) is 11.5 Å². The van der Waals surface area contributed by atoms with Crippen molar-refractivity contribution in [2.45, 2.75) is 13.1 Å². The molecule has 0 unspecified atom stereocenters. The first-order chi connectivity index (χ1) is 9.22. The Kier molecular flexibility index (Phi) is 4.12. The number of hydrogen-bond donors (Lipinski definition) is 1. The molecule has 2 aromatic rings. The van der Waals surface area contributed by atoms with Gasteiger partial charge in [-0.1, -0.05) is 15.9 Å². The standard InChI is InChI=1S/C13H11Br2NO2S/c14-10-4-12-11(17-7-18-12)3-8(10)5-16-6-9-1-2-13(15)19-9/h1-4,16H,5-7H2. The fourth-order valence-corrected chi connectivity index (χ4v) is 3.78. The number of ether oxygens (including phenoxy) is 2. The third kappa shape index (κ3) is 3.13. The molecular formula is C13H11Br2NO2S. The fraction of sp³-hybridized carbons (Fsp3) is 0.231. The molecule has 0 radical (unpaired) electrons. The number of benzene rings is 1. The molecule has 3 rings (SSSR count). The van der Waals surface area contributed by atoms with Crippen LogP contribution in [0.25, 0.3) is 0 Å². The summed E-state index contributed by atoms with van der Waals surface area (Å²) in [5.74, 6) is 1.62. The summed E-state index contributed by atoms with van der Waals surface area (Å²) in [7, 11) is 0. The molecule has 0 saturated carbocycles. The van der Waals surface area contributed by atoms with Gasteiger partial charge in [0.2, 0.25) is 6.79 Å². The molecule has 6 heteroatoms. The van der Waals surface area contributed by atoms with E-state index in [0.717, 1.165) is 32.8 Å². The van der Waals surface area contributed by atoms with Crippen molar-refractivity contribution in [3.05, 3.63) is 43.0 Å². The van der Waals surface area contributed by atoms with Crippen molar-refractivity contribution in [1.82, 2.24) is 5.32 Å². The maximum Gasteiger partial charge on any atom is 0.231 e. The van der Waals surface area contributed by atoms with Gasteiger partial charge in [-0.25, -0.2) is 0 Å². The van der Waals surface area contributed by atoms with Crippen molar-refractivity contribution in [3.63, 3.8) is 0 Å². The highest BCUT2D eigenvalue weighted by Crippen LogP contribution is 2.36. The molecule has 0 aliphatic carbocycles. The topological polar surface area (TPSA) is 30.5 Å². The third-order valence-electron chi connectivity index (χ3n) is 2.79. The summed E-state index contributed by atoms with van der Waals surface area (Å²) >= 11 is 8.77. The van der Waals surface area contributed by atoms with E-state index in [9.17, 15) is 0 Å². The molecule has 1 N–H and O–H groups in total. The molecule has 1 aliphatic rings. The molecule has 19 heavy (non-hydrogen) atoms. The molecule has 1 aromatic carbocycles. The molecular weight excluding hydrogens is 394 g/mol. The first-order valence-corrected chi connectivity index (χ1v) is 8.15. The average molecular weight is 405 g/mol. The Labute approximate surface area is 132 Å². The third-order valence-corrected chi connectivity index (χ3v) is 5.15. The Hall–Kier alpha value is -0.560. The highest BCUT2D eigenvalue weighted by Gasteiger charge is 2.15. The van der Waals surface area contributed by atoms with Gasteiger partial charge < -0.3 is 14.8 Å². The van der Waals surface area contributed by atoms with Gasteiger partial charge in [0, 0.05) is 22.4 Å². The Morgan fingerprint density at radius 2 is 1.89 bits per heavy atom. The second-order valence-electron chi connectivity index (χ2n) is 4.11. The van der Waals surface area contributed by atoms with Gasteiger partial charge in [0.25, 0.3) is 0 Å². The maximum absolute atomic E-state index is 5.39. The lowest BCUT2D eigenvalue weighted by Crippen LogP contribution is -2.12. The van der Waals surface area contributed by atoms with Crippen LogP contribution in [-0.4, -0.2) is 6.79 Å². The van der Waals surface area contributed by atoms with E-state index in [1.807, 2.05) is 12.1 Å². The van der Waals surface area contributed by atoms with Gasteiger partial charge >= 0.3 is 0 Å². The van der Waals surface area contributed by atoms with Crippen molar-refractivity contribution in [1.29, 1.82) is 0 Å². The summed E-state index contributed by atoms with van der Waals surface area (Å²) in [6, 6.07) is 8.17. The van der Waals surface area contributed by atoms with E-state index in [2.05, 4.69) is 49.3 Å². The number of nitrogens with one attached hydrogen (secondary N) is 1. The van der Waals surface area contributed by atoms with Crippen LogP contribution < -0.4 is 14.8 Å². The summed E-state index contributed by atoms with van der Waals surface area (Å²) in [4.78, 5) is 1.31. The van der Waals surface area contributed by atoms with Crippen LogP contribution in [0.1, 0.15) is 10.4 Å². The van der Waals surface area contributed by atoms with Gasteiger partial charge in [-0.3, -0.25) is 0 Å². The van der Waals surface area contributed by atoms with Crippen LogP contribution in [0.4, 0.5) is 0 Å². The second kappa shape index (κ2) is 5.83. The Bertz CT molecular complexity index is 600. The van der Waals surface area contributed by atoms with Crippen LogP contribution in [0, 0.1) is 0 Å². The van der Waals surface area contributed by atoms with Gasteiger partial charge in [-0.15, -0.1) is 11.3 Å². The molecule has 0 bridgehead atoms. The lowest BCUT2D eigenvalue weighted by molar-refractivity contribution is 0.174. The van der Waals surface area contributed by atoms with E-state index in [1.54, 1.807) is 11.3 Å². The predicted molar refractivity (Wildman–Crippen MR) is 82.8 cm³/mol. The number of halogens is 2. The van der Waals surface area contributed by atoms with Gasteiger partial charge in [-0.05, 0) is 45.8 Å². The van der Waals surface area contributed by atoms with Gasteiger partial charge in [-0.2, -0.15) is 0 Å². The van der Waals surface area contributed by atoms with Gasteiger partial charge in [0.15, 0.2) is 11.5 Å². The summed E-state index contributed by atoms with van der Waals surface area (Å²) in [6.45, 7) is 1.95. The van der Waals surface area contributed by atoms with E-state index in [-0.39, 0.29) is 0 Å². The van der Waals surface area contributed by atoms with Crippen molar-refractivity contribution >= 4 is 43.2 Å². The summed E-state index contributed by atoms with van der Waals surface area (Å²) in [5, 5.41) is 3.43. The van der Waals surface area contributed by atoms with Gasteiger partial charge in [0.1, 0.15) is 0 Å². The number of fused-ring (bicyclic) bond motifs is 1. The zero-order valence-electron chi connectivity index (χ0n) is 9.91. The molecule has 3 nitrogen and oxygen atoms in total. The predicted octanol–water partition coefficient (Wildman–Crippen LogP) is 4.29. The molecule has 100 valence electrons. The summed E-state index contributed by atoms with van der Waals surface area (Å²) < 4.78 is 12.9. The molecule has 0 saturated heterocycles. The molecule has 1 aromatic heterocycles. The average Bonchev–Trinajstić information content (AvgIpc) is 2.98. The molecule has 0 amide bonds. The summed E-state index contributed by atoms with van der Waals surface area (Å²) in [6.07, 6.45) is 0. The van der Waals surface area contributed by atoms with E-state index in [0.29, 0.717) is 6.79 Å². The van der Waals surface area contributed by atoms with E-state index < -0.39 is 0 Å². The maximum atomic E-state index is 5.39. The van der Waals surface area contributed by atoms with Crippen LogP contribution in [0.2, 0.25) is 0 Å². The lowest BCUT2D eigenvalue weighted by atomic mass is 10.2. The summed E-state index contributed by atoms with van der Waals surface area (Å²) in [5.41, 5.74) is 1.17. The first-order valence-electron chi connectivity index (χ1n) is 5.75. The molecule has 2 heterocycles. The zero-order chi connectivity index (χ0) is 13.2. The smallest absolute Gasteiger partial charge is 0.231 e. The Balaban J connectivity index is 1.64. The number of rotatable bonds is 4. The number of hydrogen-bond acceptors (Lipinski definition) is 4. The SMILES string of the molecule is Brc1ccc(CNCc2cc3c(cc2Br)OCO3)s1. The van der Waals surface area contributed by atoms with Crippen molar-refractivity contribution < 1.29 is 9.47 Å². The molecule has 1 aliphatic heterocycles. The fourth-order valence-electron chi connectivity index (χ4n) is 1.86. The largest absolute Gasteiger partial charge is 0.454 e. The second-order valence-corrected chi connectivity index (χ2v) is 7.51. The zero-order valence-corrected chi connectivity index (χ0v) is 13.9. The molecule has 0 spiro atoms. The lowest BCUT2D eigenvalue weighted by Gasteiger charge is -2.07.